The second kappa shape index (κ2) is 8.12. The molecular weight excluding hydrogens is 342 g/mol. The van der Waals surface area contributed by atoms with Gasteiger partial charge in [0.1, 0.15) is 12.3 Å². The summed E-state index contributed by atoms with van der Waals surface area (Å²) in [6.07, 6.45) is 0.837. The smallest absolute Gasteiger partial charge is 0.322 e. The Morgan fingerprint density at radius 2 is 1.89 bits per heavy atom. The highest BCUT2D eigenvalue weighted by atomic mass is 16.5. The number of nitrogens with zero attached hydrogens (tertiary/aromatic N) is 2. The van der Waals surface area contributed by atoms with Gasteiger partial charge in [-0.15, -0.1) is 0 Å². The number of ether oxygens (including phenoxy) is 1. The number of hydrogen-bond acceptors (Lipinski definition) is 3. The van der Waals surface area contributed by atoms with Crippen molar-refractivity contribution in [1.82, 2.24) is 9.80 Å². The fourth-order valence-electron chi connectivity index (χ4n) is 3.44. The number of likely N-dealkylation sites (N-methyl/N-ethyl adjacent to an activating group) is 1. The number of rotatable bonds is 4. The molecule has 142 valence electrons. The lowest BCUT2D eigenvalue weighted by atomic mass is 9.93. The van der Waals surface area contributed by atoms with Gasteiger partial charge >= 0.3 is 6.03 Å². The van der Waals surface area contributed by atoms with Gasteiger partial charge in [-0.25, -0.2) is 4.79 Å². The van der Waals surface area contributed by atoms with E-state index in [1.54, 1.807) is 26.3 Å². The summed E-state index contributed by atoms with van der Waals surface area (Å²) >= 11 is 0. The molecule has 3 rings (SSSR count). The molecule has 0 saturated heterocycles. The first kappa shape index (κ1) is 18.8. The first-order chi connectivity index (χ1) is 13.0. The number of anilines is 1. The molecule has 0 aromatic heterocycles. The second-order valence-electron chi connectivity index (χ2n) is 6.70. The molecule has 1 unspecified atom stereocenters. The van der Waals surface area contributed by atoms with Crippen LogP contribution >= 0.6 is 0 Å². The van der Waals surface area contributed by atoms with Crippen LogP contribution in [0.2, 0.25) is 0 Å². The van der Waals surface area contributed by atoms with Gasteiger partial charge in [0.05, 0.1) is 18.8 Å². The first-order valence-corrected chi connectivity index (χ1v) is 9.03. The number of nitrogens with one attached hydrogen (secondary N) is 1. The van der Waals surface area contributed by atoms with Gasteiger partial charge in [0, 0.05) is 13.6 Å². The number of urea groups is 1. The molecule has 0 fully saturated rings. The van der Waals surface area contributed by atoms with Crippen LogP contribution in [-0.2, 0) is 11.2 Å². The van der Waals surface area contributed by atoms with Crippen molar-refractivity contribution < 1.29 is 14.3 Å². The van der Waals surface area contributed by atoms with E-state index in [0.29, 0.717) is 18.0 Å². The van der Waals surface area contributed by atoms with E-state index in [9.17, 15) is 9.59 Å². The summed E-state index contributed by atoms with van der Waals surface area (Å²) in [5.41, 5.74) is 3.04. The average molecular weight is 367 g/mol. The molecule has 0 bridgehead atoms. The van der Waals surface area contributed by atoms with Gasteiger partial charge in [0.25, 0.3) is 0 Å². The van der Waals surface area contributed by atoms with Crippen molar-refractivity contribution in [2.75, 3.05) is 32.6 Å². The van der Waals surface area contributed by atoms with Gasteiger partial charge in [-0.2, -0.15) is 0 Å². The molecule has 27 heavy (non-hydrogen) atoms. The summed E-state index contributed by atoms with van der Waals surface area (Å²) < 4.78 is 5.24. The highest BCUT2D eigenvalue weighted by molar-refractivity contribution is 5.93. The maximum Gasteiger partial charge on any atom is 0.322 e. The van der Waals surface area contributed by atoms with Crippen LogP contribution in [0.4, 0.5) is 10.5 Å². The van der Waals surface area contributed by atoms with E-state index in [2.05, 4.69) is 17.4 Å². The van der Waals surface area contributed by atoms with Gasteiger partial charge in [0.15, 0.2) is 0 Å². The van der Waals surface area contributed by atoms with Gasteiger partial charge in [0.2, 0.25) is 5.91 Å². The Labute approximate surface area is 159 Å². The van der Waals surface area contributed by atoms with E-state index in [1.807, 2.05) is 36.1 Å². The van der Waals surface area contributed by atoms with Crippen molar-refractivity contribution in [3.8, 4) is 5.75 Å². The zero-order chi connectivity index (χ0) is 19.4. The molecule has 0 radical (unpaired) electrons. The van der Waals surface area contributed by atoms with Crippen molar-refractivity contribution in [2.24, 2.45) is 0 Å². The van der Waals surface area contributed by atoms with Gasteiger partial charge in [-0.1, -0.05) is 36.4 Å². The Morgan fingerprint density at radius 3 is 2.67 bits per heavy atom. The Morgan fingerprint density at radius 1 is 1.19 bits per heavy atom. The van der Waals surface area contributed by atoms with Crippen LogP contribution in [0.3, 0.4) is 0 Å². The molecular formula is C21H25N3O3. The standard InChI is InChI=1S/C21H25N3O3/c1-15-17-9-5-4-8-16(17)12-13-24(15)20(25)14-23(2)21(26)22-18-10-6-7-11-19(18)27-3/h4-11,15H,12-14H2,1-3H3,(H,22,26). The van der Waals surface area contributed by atoms with E-state index in [0.717, 1.165) is 6.42 Å². The van der Waals surface area contributed by atoms with Crippen LogP contribution in [0.15, 0.2) is 48.5 Å². The summed E-state index contributed by atoms with van der Waals surface area (Å²) in [6.45, 7) is 2.72. The second-order valence-corrected chi connectivity index (χ2v) is 6.70. The number of hydrogen-bond donors (Lipinski definition) is 1. The normalized spacial score (nSPS) is 15.7. The molecule has 0 aliphatic carbocycles. The fourth-order valence-corrected chi connectivity index (χ4v) is 3.44. The van der Waals surface area contributed by atoms with Crippen molar-refractivity contribution in [3.05, 3.63) is 59.7 Å². The molecule has 3 amide bonds. The Bertz CT molecular complexity index is 837. The monoisotopic (exact) mass is 367 g/mol. The molecule has 0 spiro atoms. The third kappa shape index (κ3) is 4.05. The Hall–Kier alpha value is -3.02. The topological polar surface area (TPSA) is 61.9 Å². The third-order valence-electron chi connectivity index (χ3n) is 4.98. The van der Waals surface area contributed by atoms with E-state index in [-0.39, 0.29) is 24.5 Å². The van der Waals surface area contributed by atoms with E-state index in [4.69, 9.17) is 4.74 Å². The average Bonchev–Trinajstić information content (AvgIpc) is 2.68. The SMILES string of the molecule is COc1ccccc1NC(=O)N(C)CC(=O)N1CCc2ccccc2C1C. The molecule has 1 heterocycles. The Kier molecular flexibility index (Phi) is 5.64. The summed E-state index contributed by atoms with van der Waals surface area (Å²) in [7, 11) is 3.17. The van der Waals surface area contributed by atoms with E-state index in [1.165, 1.54) is 16.0 Å². The van der Waals surface area contributed by atoms with Crippen LogP contribution in [0.5, 0.6) is 5.75 Å². The molecule has 2 aromatic rings. The molecule has 1 aliphatic heterocycles. The Balaban J connectivity index is 1.63. The van der Waals surface area contributed by atoms with Crippen LogP contribution in [0.25, 0.3) is 0 Å². The quantitative estimate of drug-likeness (QED) is 0.902. The summed E-state index contributed by atoms with van der Waals surface area (Å²) in [6, 6.07) is 15.0. The predicted octanol–water partition coefficient (Wildman–Crippen LogP) is 3.30. The summed E-state index contributed by atoms with van der Waals surface area (Å²) in [4.78, 5) is 28.5. The zero-order valence-electron chi connectivity index (χ0n) is 15.9. The molecule has 1 atom stereocenters. The van der Waals surface area contributed by atoms with Gasteiger partial charge in [-0.05, 0) is 36.6 Å². The summed E-state index contributed by atoms with van der Waals surface area (Å²) in [5.74, 6) is 0.515. The van der Waals surface area contributed by atoms with Crippen molar-refractivity contribution in [3.63, 3.8) is 0 Å². The first-order valence-electron chi connectivity index (χ1n) is 9.03. The van der Waals surface area contributed by atoms with E-state index < -0.39 is 0 Å². The van der Waals surface area contributed by atoms with Crippen LogP contribution in [-0.4, -0.2) is 49.0 Å². The number of carbonyl (C=O) groups is 2. The number of carbonyl (C=O) groups excluding carboxylic acids is 2. The van der Waals surface area contributed by atoms with Crippen LogP contribution in [0, 0.1) is 0 Å². The van der Waals surface area contributed by atoms with Gasteiger partial charge in [-0.3, -0.25) is 4.79 Å². The molecule has 6 heteroatoms. The zero-order valence-corrected chi connectivity index (χ0v) is 15.9. The van der Waals surface area contributed by atoms with Crippen molar-refractivity contribution in [1.29, 1.82) is 0 Å². The molecule has 1 aliphatic rings. The third-order valence-corrected chi connectivity index (χ3v) is 4.98. The fraction of sp³-hybridized carbons (Fsp3) is 0.333. The lowest BCUT2D eigenvalue weighted by Gasteiger charge is -2.36. The summed E-state index contributed by atoms with van der Waals surface area (Å²) in [5, 5.41) is 2.79. The number of fused-ring (bicyclic) bond motifs is 1. The van der Waals surface area contributed by atoms with Crippen molar-refractivity contribution >= 4 is 17.6 Å². The highest BCUT2D eigenvalue weighted by Gasteiger charge is 2.28. The number of para-hydroxylation sites is 2. The minimum atomic E-state index is -0.349. The number of methoxy groups -OCH3 is 1. The van der Waals surface area contributed by atoms with Gasteiger partial charge < -0.3 is 19.9 Å². The van der Waals surface area contributed by atoms with Crippen LogP contribution in [0.1, 0.15) is 24.1 Å². The molecule has 0 saturated carbocycles. The maximum atomic E-state index is 12.8. The maximum absolute atomic E-state index is 12.8. The minimum Gasteiger partial charge on any atom is -0.495 e. The lowest BCUT2D eigenvalue weighted by Crippen LogP contribution is -2.45. The lowest BCUT2D eigenvalue weighted by molar-refractivity contribution is -0.134. The predicted molar refractivity (Wildman–Crippen MR) is 105 cm³/mol. The van der Waals surface area contributed by atoms with Crippen molar-refractivity contribution in [2.45, 2.75) is 19.4 Å². The number of benzene rings is 2. The minimum absolute atomic E-state index is 0.00753. The molecule has 1 N–H and O–H groups in total. The van der Waals surface area contributed by atoms with Crippen LogP contribution < -0.4 is 10.1 Å². The van der Waals surface area contributed by atoms with E-state index >= 15 is 0 Å². The molecule has 2 aromatic carbocycles. The highest BCUT2D eigenvalue weighted by Crippen LogP contribution is 2.29. The molecule has 6 nitrogen and oxygen atoms in total. The number of amides is 3. The largest absolute Gasteiger partial charge is 0.495 e.